The van der Waals surface area contributed by atoms with Crippen molar-refractivity contribution in [3.05, 3.63) is 69.0 Å². The molecule has 0 saturated carbocycles. The monoisotopic (exact) mass is 360 g/mol. The maximum Gasteiger partial charge on any atom is 0.325 e. The quantitative estimate of drug-likeness (QED) is 0.512. The van der Waals surface area contributed by atoms with E-state index in [-0.39, 0.29) is 17.3 Å². The number of carbonyl (C=O) groups excluding carboxylic acids is 2. The zero-order valence-electron chi connectivity index (χ0n) is 13.1. The summed E-state index contributed by atoms with van der Waals surface area (Å²) in [5.74, 6) is -0.455. The molecule has 1 fully saturated rings. The van der Waals surface area contributed by atoms with Gasteiger partial charge < -0.3 is 5.32 Å². The second-order valence-electron chi connectivity index (χ2n) is 5.73. The van der Waals surface area contributed by atoms with Crippen molar-refractivity contribution < 1.29 is 14.5 Å². The number of nitro groups is 1. The molecule has 1 N–H and O–H groups in total. The molecule has 9 heteroatoms. The molecular formula is C16H13ClN4O4. The topological polar surface area (TPSA) is 105 Å². The molecule has 3 amide bonds. The molecule has 1 unspecified atom stereocenters. The number of pyridine rings is 1. The molecule has 25 heavy (non-hydrogen) atoms. The number of halogens is 1. The summed E-state index contributed by atoms with van der Waals surface area (Å²) in [5, 5.41) is 13.6. The Labute approximate surface area is 147 Å². The van der Waals surface area contributed by atoms with Crippen molar-refractivity contribution in [3.8, 4) is 0 Å². The highest BCUT2D eigenvalue weighted by molar-refractivity contribution is 6.32. The van der Waals surface area contributed by atoms with E-state index in [2.05, 4.69) is 10.3 Å². The lowest BCUT2D eigenvalue weighted by molar-refractivity contribution is -0.384. The first-order valence-electron chi connectivity index (χ1n) is 7.30. The van der Waals surface area contributed by atoms with Crippen LogP contribution >= 0.6 is 11.6 Å². The van der Waals surface area contributed by atoms with Gasteiger partial charge in [-0.1, -0.05) is 23.7 Å². The fourth-order valence-corrected chi connectivity index (χ4v) is 2.86. The molecular weight excluding hydrogens is 348 g/mol. The molecule has 1 aromatic heterocycles. The van der Waals surface area contributed by atoms with E-state index in [1.54, 1.807) is 25.3 Å². The van der Waals surface area contributed by atoms with Gasteiger partial charge in [-0.2, -0.15) is 0 Å². The second kappa shape index (κ2) is 6.14. The van der Waals surface area contributed by atoms with Gasteiger partial charge in [-0.15, -0.1) is 0 Å². The standard InChI is InChI=1S/C16H13ClN4O4/c1-16(11-3-2-6-18-8-11)14(22)20(15(23)19-16)9-10-4-5-12(17)13(7-10)21(24)25/h2-8H,9H2,1H3,(H,19,23). The van der Waals surface area contributed by atoms with Gasteiger partial charge in [0.25, 0.3) is 11.6 Å². The van der Waals surface area contributed by atoms with Gasteiger partial charge in [0.15, 0.2) is 0 Å². The van der Waals surface area contributed by atoms with Gasteiger partial charge in [0.1, 0.15) is 10.6 Å². The fraction of sp³-hybridized carbons (Fsp3) is 0.188. The van der Waals surface area contributed by atoms with Crippen LogP contribution in [0.25, 0.3) is 0 Å². The maximum absolute atomic E-state index is 12.8. The van der Waals surface area contributed by atoms with Crippen LogP contribution < -0.4 is 5.32 Å². The number of nitrogens with zero attached hydrogens (tertiary/aromatic N) is 3. The normalized spacial score (nSPS) is 19.8. The number of aromatic nitrogens is 1. The van der Waals surface area contributed by atoms with Gasteiger partial charge >= 0.3 is 6.03 Å². The van der Waals surface area contributed by atoms with Crippen LogP contribution in [-0.4, -0.2) is 26.7 Å². The molecule has 8 nitrogen and oxygen atoms in total. The van der Waals surface area contributed by atoms with E-state index in [4.69, 9.17) is 11.6 Å². The van der Waals surface area contributed by atoms with E-state index in [1.165, 1.54) is 24.4 Å². The van der Waals surface area contributed by atoms with E-state index < -0.39 is 22.4 Å². The molecule has 1 aromatic carbocycles. The number of hydrogen-bond acceptors (Lipinski definition) is 5. The van der Waals surface area contributed by atoms with E-state index in [9.17, 15) is 19.7 Å². The van der Waals surface area contributed by atoms with E-state index >= 15 is 0 Å². The third kappa shape index (κ3) is 2.91. The number of rotatable bonds is 4. The summed E-state index contributed by atoms with van der Waals surface area (Å²) in [7, 11) is 0. The Kier molecular flexibility index (Phi) is 4.13. The maximum atomic E-state index is 12.8. The van der Waals surface area contributed by atoms with Crippen LogP contribution in [0.1, 0.15) is 18.1 Å². The highest BCUT2D eigenvalue weighted by Crippen LogP contribution is 2.31. The Morgan fingerprint density at radius 1 is 1.36 bits per heavy atom. The van der Waals surface area contributed by atoms with Crippen molar-refractivity contribution >= 4 is 29.2 Å². The predicted molar refractivity (Wildman–Crippen MR) is 88.8 cm³/mol. The number of hydrogen-bond donors (Lipinski definition) is 1. The number of urea groups is 1. The predicted octanol–water partition coefficient (Wildman–Crippen LogP) is 2.61. The van der Waals surface area contributed by atoms with Crippen LogP contribution in [0.3, 0.4) is 0 Å². The van der Waals surface area contributed by atoms with Gasteiger partial charge in [0, 0.05) is 24.0 Å². The Hall–Kier alpha value is -3.00. The molecule has 2 heterocycles. The van der Waals surface area contributed by atoms with Crippen LogP contribution in [0.5, 0.6) is 0 Å². The number of amides is 3. The van der Waals surface area contributed by atoms with Crippen LogP contribution in [0.4, 0.5) is 10.5 Å². The van der Waals surface area contributed by atoms with Crippen LogP contribution in [-0.2, 0) is 16.9 Å². The highest BCUT2D eigenvalue weighted by atomic mass is 35.5. The lowest BCUT2D eigenvalue weighted by Crippen LogP contribution is -2.40. The summed E-state index contributed by atoms with van der Waals surface area (Å²) in [6, 6.07) is 6.95. The number of carbonyl (C=O) groups is 2. The van der Waals surface area contributed by atoms with Crippen LogP contribution in [0, 0.1) is 10.1 Å². The summed E-state index contributed by atoms with van der Waals surface area (Å²) in [6.07, 6.45) is 3.08. The summed E-state index contributed by atoms with van der Waals surface area (Å²) in [5.41, 5.74) is -0.529. The summed E-state index contributed by atoms with van der Waals surface area (Å²) in [4.78, 5) is 40.4. The number of imide groups is 1. The molecule has 2 aromatic rings. The first-order chi connectivity index (χ1) is 11.8. The average molecular weight is 361 g/mol. The zero-order chi connectivity index (χ0) is 18.2. The first-order valence-corrected chi connectivity index (χ1v) is 7.68. The third-order valence-corrected chi connectivity index (χ3v) is 4.38. The van der Waals surface area contributed by atoms with Gasteiger partial charge in [-0.25, -0.2) is 4.79 Å². The van der Waals surface area contributed by atoms with E-state index in [0.29, 0.717) is 11.1 Å². The second-order valence-corrected chi connectivity index (χ2v) is 6.14. The molecule has 1 saturated heterocycles. The molecule has 0 bridgehead atoms. The summed E-state index contributed by atoms with van der Waals surface area (Å²) >= 11 is 5.78. The van der Waals surface area contributed by atoms with Crippen molar-refractivity contribution in [1.29, 1.82) is 0 Å². The van der Waals surface area contributed by atoms with Gasteiger partial charge in [0.2, 0.25) is 0 Å². The van der Waals surface area contributed by atoms with E-state index in [0.717, 1.165) is 4.90 Å². The molecule has 128 valence electrons. The van der Waals surface area contributed by atoms with Crippen molar-refractivity contribution in [2.75, 3.05) is 0 Å². The van der Waals surface area contributed by atoms with Gasteiger partial charge in [0.05, 0.1) is 11.5 Å². The summed E-state index contributed by atoms with van der Waals surface area (Å²) < 4.78 is 0. The SMILES string of the molecule is CC1(c2cccnc2)NC(=O)N(Cc2ccc(Cl)c([N+](=O)[O-])c2)C1=O. The Morgan fingerprint density at radius 3 is 2.76 bits per heavy atom. The fourth-order valence-electron chi connectivity index (χ4n) is 2.67. The molecule has 1 atom stereocenters. The van der Waals surface area contributed by atoms with Gasteiger partial charge in [-0.05, 0) is 24.6 Å². The minimum absolute atomic E-state index is 0.00820. The van der Waals surface area contributed by atoms with Crippen molar-refractivity contribution in [1.82, 2.24) is 15.2 Å². The molecule has 0 radical (unpaired) electrons. The van der Waals surface area contributed by atoms with Crippen LogP contribution in [0.15, 0.2) is 42.7 Å². The number of nitrogens with one attached hydrogen (secondary N) is 1. The Balaban J connectivity index is 1.89. The van der Waals surface area contributed by atoms with Gasteiger partial charge in [-0.3, -0.25) is 24.8 Å². The minimum Gasteiger partial charge on any atom is -0.319 e. The Morgan fingerprint density at radius 2 is 2.12 bits per heavy atom. The molecule has 1 aliphatic rings. The largest absolute Gasteiger partial charge is 0.325 e. The minimum atomic E-state index is -1.23. The lowest BCUT2D eigenvalue weighted by atomic mass is 9.93. The first kappa shape index (κ1) is 16.8. The average Bonchev–Trinajstić information content (AvgIpc) is 2.81. The van der Waals surface area contributed by atoms with E-state index in [1.807, 2.05) is 0 Å². The van der Waals surface area contributed by atoms with Crippen molar-refractivity contribution in [3.63, 3.8) is 0 Å². The van der Waals surface area contributed by atoms with Crippen molar-refractivity contribution in [2.24, 2.45) is 0 Å². The zero-order valence-corrected chi connectivity index (χ0v) is 13.9. The Bertz CT molecular complexity index is 874. The van der Waals surface area contributed by atoms with Crippen LogP contribution in [0.2, 0.25) is 5.02 Å². The summed E-state index contributed by atoms with van der Waals surface area (Å²) in [6.45, 7) is 1.49. The number of nitro benzene ring substituents is 1. The van der Waals surface area contributed by atoms with Crippen molar-refractivity contribution in [2.45, 2.75) is 19.0 Å². The molecule has 3 rings (SSSR count). The molecule has 0 aliphatic carbocycles. The number of benzene rings is 1. The highest BCUT2D eigenvalue weighted by Gasteiger charge is 2.49. The third-order valence-electron chi connectivity index (χ3n) is 4.06. The molecule has 1 aliphatic heterocycles. The molecule has 0 spiro atoms. The lowest BCUT2D eigenvalue weighted by Gasteiger charge is -2.21. The smallest absolute Gasteiger partial charge is 0.319 e.